The third kappa shape index (κ3) is 4.52. The van der Waals surface area contributed by atoms with E-state index in [0.29, 0.717) is 50.0 Å². The first kappa shape index (κ1) is 24.8. The molecule has 5 aromatic heterocycles. The van der Waals surface area contributed by atoms with Gasteiger partial charge in [0.15, 0.2) is 11.1 Å². The normalized spacial score (nSPS) is 14.0. The highest BCUT2D eigenvalue weighted by molar-refractivity contribution is 7.28. The first-order valence-corrected chi connectivity index (χ1v) is 14.4. The summed E-state index contributed by atoms with van der Waals surface area (Å²) >= 11 is 4.37. The van der Waals surface area contributed by atoms with Crippen LogP contribution in [0, 0.1) is 0 Å². The number of anilines is 2. The number of quaternary nitrogens is 1. The van der Waals surface area contributed by atoms with Gasteiger partial charge in [-0.05, 0) is 17.6 Å². The van der Waals surface area contributed by atoms with Crippen LogP contribution in [0.4, 0.5) is 10.9 Å². The molecule has 6 N–H and O–H groups in total. The number of fused-ring (bicyclic) bond motifs is 2. The van der Waals surface area contributed by atoms with Crippen molar-refractivity contribution in [3.63, 3.8) is 0 Å². The Hall–Kier alpha value is -3.50. The van der Waals surface area contributed by atoms with E-state index in [1.54, 1.807) is 21.8 Å². The molecule has 5 aromatic rings. The molecule has 0 aromatic carbocycles. The molecule has 1 amide bonds. The number of hydrogen-bond acceptors (Lipinski definition) is 12. The highest BCUT2D eigenvalue weighted by atomic mass is 32.1. The van der Waals surface area contributed by atoms with Crippen LogP contribution in [0.2, 0.25) is 0 Å². The summed E-state index contributed by atoms with van der Waals surface area (Å²) in [6, 6.07) is 3.71. The highest BCUT2D eigenvalue weighted by Gasteiger charge is 2.22. The van der Waals surface area contributed by atoms with Gasteiger partial charge in [-0.1, -0.05) is 0 Å². The second-order valence-corrected chi connectivity index (χ2v) is 11.4. The van der Waals surface area contributed by atoms with Crippen LogP contribution in [0.3, 0.4) is 0 Å². The lowest BCUT2D eigenvalue weighted by atomic mass is 10.1. The average molecular weight is 571 g/mol. The fraction of sp³-hybridized carbons (Fsp3) is 0.304. The van der Waals surface area contributed by atoms with Crippen molar-refractivity contribution in [3.8, 4) is 11.3 Å². The number of nitrogens with two attached hydrogens (primary N) is 1. The predicted octanol–water partition coefficient (Wildman–Crippen LogP) is 1.06. The molecule has 1 fully saturated rings. The Kier molecular flexibility index (Phi) is 6.75. The molecule has 0 spiro atoms. The molecule has 196 valence electrons. The van der Waals surface area contributed by atoms with Crippen LogP contribution in [-0.2, 0) is 11.2 Å². The van der Waals surface area contributed by atoms with Crippen molar-refractivity contribution >= 4 is 66.1 Å². The Balaban J connectivity index is 1.36. The van der Waals surface area contributed by atoms with E-state index in [4.69, 9.17) is 19.8 Å². The van der Waals surface area contributed by atoms with Gasteiger partial charge in [-0.2, -0.15) is 4.37 Å². The fourth-order valence-electron chi connectivity index (χ4n) is 4.37. The standard InChI is InChI=1S/C23H23N9O3S3/c24-1-2-26-23-28-15(18(21(25)34)22-29-27-11-32(22)23)8-12-7-14(30-38-12)13-10-36-20-16(33)9-17(37-19(13)20)31-3-5-35-6-4-31/h7,9-11H,1-6,8,24H2,(H2,25,34)(H,26,28)/p+1. The van der Waals surface area contributed by atoms with Crippen LogP contribution in [0.1, 0.15) is 20.9 Å². The summed E-state index contributed by atoms with van der Waals surface area (Å²) in [6.07, 6.45) is 1.84. The molecule has 0 unspecified atom stereocenters. The summed E-state index contributed by atoms with van der Waals surface area (Å²) < 4.78 is 13.4. The van der Waals surface area contributed by atoms with E-state index in [1.165, 1.54) is 29.2 Å². The lowest BCUT2D eigenvalue weighted by Gasteiger charge is -2.28. The molecule has 0 atom stereocenters. The van der Waals surface area contributed by atoms with Crippen LogP contribution >= 0.6 is 34.2 Å². The number of morpholine rings is 1. The Morgan fingerprint density at radius 1 is 1.24 bits per heavy atom. The summed E-state index contributed by atoms with van der Waals surface area (Å²) in [5.74, 6) is -0.106. The largest absolute Gasteiger partial charge is 0.378 e. The van der Waals surface area contributed by atoms with Crippen molar-refractivity contribution in [1.29, 1.82) is 0 Å². The molecule has 6 rings (SSSR count). The maximum Gasteiger partial charge on any atom is 0.254 e. The lowest BCUT2D eigenvalue weighted by molar-refractivity contribution is -0.362. The van der Waals surface area contributed by atoms with Crippen LogP contribution in [0.5, 0.6) is 0 Å². The summed E-state index contributed by atoms with van der Waals surface area (Å²) in [7, 11) is 0. The monoisotopic (exact) mass is 570 g/mol. The van der Waals surface area contributed by atoms with Gasteiger partial charge >= 0.3 is 0 Å². The molecule has 38 heavy (non-hydrogen) atoms. The number of aromatic nitrogens is 5. The zero-order valence-corrected chi connectivity index (χ0v) is 22.6. The number of primary amides is 1. The third-order valence-electron chi connectivity index (χ3n) is 6.17. The number of ether oxygens (including phenoxy) is 1. The topological polar surface area (TPSA) is 168 Å². The second kappa shape index (κ2) is 10.3. The number of amides is 1. The predicted molar refractivity (Wildman–Crippen MR) is 148 cm³/mol. The second-order valence-electron chi connectivity index (χ2n) is 8.64. The SMILES string of the molecule is NC(=O)c1c(Cc2cc(-c3csc4c(=O)cc(N5CCOCC5)sc34)ns2)nc(NCC[NH3+])n2cnnc12. The lowest BCUT2D eigenvalue weighted by Crippen LogP contribution is -2.53. The third-order valence-corrected chi connectivity index (χ3v) is 9.29. The van der Waals surface area contributed by atoms with Crippen molar-refractivity contribution < 1.29 is 15.3 Å². The summed E-state index contributed by atoms with van der Waals surface area (Å²) in [6.45, 7) is 4.09. The van der Waals surface area contributed by atoms with Gasteiger partial charge < -0.3 is 26.4 Å². The molecule has 1 aliphatic heterocycles. The van der Waals surface area contributed by atoms with Gasteiger partial charge in [-0.3, -0.25) is 14.0 Å². The molecule has 1 aliphatic rings. The van der Waals surface area contributed by atoms with Gasteiger partial charge in [0.05, 0.1) is 52.1 Å². The molecule has 6 heterocycles. The molecule has 15 heteroatoms. The Morgan fingerprint density at radius 2 is 2.08 bits per heavy atom. The van der Waals surface area contributed by atoms with Gasteiger partial charge in [0, 0.05) is 41.4 Å². The first-order chi connectivity index (χ1) is 18.5. The van der Waals surface area contributed by atoms with Gasteiger partial charge in [0.25, 0.3) is 5.91 Å². The van der Waals surface area contributed by atoms with E-state index in [-0.39, 0.29) is 11.0 Å². The number of nitrogens with zero attached hydrogens (tertiary/aromatic N) is 6. The van der Waals surface area contributed by atoms with E-state index in [9.17, 15) is 9.59 Å². The van der Waals surface area contributed by atoms with Crippen molar-refractivity contribution in [2.45, 2.75) is 6.42 Å². The summed E-state index contributed by atoms with van der Waals surface area (Å²) in [4.78, 5) is 33.1. The van der Waals surface area contributed by atoms with Crippen LogP contribution in [0.15, 0.2) is 28.6 Å². The van der Waals surface area contributed by atoms with Crippen LogP contribution < -0.4 is 27.1 Å². The molecule has 0 saturated carbocycles. The number of carbonyl (C=O) groups excluding carboxylic acids is 1. The van der Waals surface area contributed by atoms with E-state index in [0.717, 1.165) is 43.6 Å². The van der Waals surface area contributed by atoms with Crippen molar-refractivity contribution in [2.75, 3.05) is 49.6 Å². The Morgan fingerprint density at radius 3 is 2.87 bits per heavy atom. The zero-order valence-electron chi connectivity index (χ0n) is 20.2. The number of nitrogens with one attached hydrogen (secondary N) is 1. The minimum Gasteiger partial charge on any atom is -0.378 e. The summed E-state index contributed by atoms with van der Waals surface area (Å²) in [5, 5.41) is 14.2. The van der Waals surface area contributed by atoms with E-state index >= 15 is 0 Å². The average Bonchev–Trinajstić information content (AvgIpc) is 3.67. The molecule has 1 saturated heterocycles. The van der Waals surface area contributed by atoms with Crippen molar-refractivity contribution in [1.82, 2.24) is 24.0 Å². The number of carbonyl (C=O) groups is 1. The van der Waals surface area contributed by atoms with Crippen LogP contribution in [0.25, 0.3) is 26.3 Å². The van der Waals surface area contributed by atoms with Crippen molar-refractivity contribution in [2.24, 2.45) is 5.73 Å². The molecule has 0 bridgehead atoms. The smallest absolute Gasteiger partial charge is 0.254 e. The van der Waals surface area contributed by atoms with Gasteiger partial charge in [-0.25, -0.2) is 4.98 Å². The molecule has 0 radical (unpaired) electrons. The highest BCUT2D eigenvalue weighted by Crippen LogP contribution is 2.39. The number of thiophene rings is 1. The Labute approximate surface area is 228 Å². The molecule has 0 aliphatic carbocycles. The molecular formula is C23H24N9O3S3+. The van der Waals surface area contributed by atoms with E-state index in [1.807, 2.05) is 11.4 Å². The minimum atomic E-state index is -0.622. The van der Waals surface area contributed by atoms with Gasteiger partial charge in [-0.15, -0.1) is 32.9 Å². The maximum atomic E-state index is 12.9. The van der Waals surface area contributed by atoms with Crippen LogP contribution in [-0.4, -0.2) is 69.3 Å². The maximum absolute atomic E-state index is 12.9. The Bertz CT molecular complexity index is 1700. The molecule has 12 nitrogen and oxygen atoms in total. The van der Waals surface area contributed by atoms with E-state index in [2.05, 4.69) is 26.1 Å². The van der Waals surface area contributed by atoms with Gasteiger partial charge in [0.2, 0.25) is 5.95 Å². The van der Waals surface area contributed by atoms with E-state index < -0.39 is 5.91 Å². The summed E-state index contributed by atoms with van der Waals surface area (Å²) in [5.41, 5.74) is 12.4. The number of rotatable bonds is 8. The zero-order chi connectivity index (χ0) is 26.2. The van der Waals surface area contributed by atoms with Crippen molar-refractivity contribution in [3.05, 3.63) is 50.2 Å². The quantitative estimate of drug-likeness (QED) is 0.247. The fourth-order valence-corrected chi connectivity index (χ4v) is 7.46. The first-order valence-electron chi connectivity index (χ1n) is 11.9. The molecular weight excluding hydrogens is 547 g/mol. The minimum absolute atomic E-state index is 0.0196. The van der Waals surface area contributed by atoms with Gasteiger partial charge in [0.1, 0.15) is 11.9 Å². The number of hydrogen-bond donors (Lipinski definition) is 3.